The van der Waals surface area contributed by atoms with Crippen LogP contribution in [0.5, 0.6) is 0 Å². The maximum Gasteiger partial charge on any atom is 0.0487 e. The molecule has 0 aliphatic heterocycles. The first-order valence-corrected chi connectivity index (χ1v) is 10.9. The van der Waals surface area contributed by atoms with E-state index in [4.69, 9.17) is 0 Å². The van der Waals surface area contributed by atoms with E-state index in [9.17, 15) is 0 Å². The summed E-state index contributed by atoms with van der Waals surface area (Å²) in [7, 11) is 2.15. The quantitative estimate of drug-likeness (QED) is 0.280. The molecule has 0 radical (unpaired) electrons. The van der Waals surface area contributed by atoms with Crippen LogP contribution in [0.1, 0.15) is 0 Å². The molecule has 0 spiro atoms. The second kappa shape index (κ2) is 8.95. The zero-order valence-corrected chi connectivity index (χ0v) is 18.1. The number of anilines is 2. The van der Waals surface area contributed by atoms with Gasteiger partial charge in [0.05, 0.1) is 0 Å². The Morgan fingerprint density at radius 3 is 1.44 bits per heavy atom. The maximum atomic E-state index is 2.30. The van der Waals surface area contributed by atoms with Gasteiger partial charge in [-0.3, -0.25) is 0 Å². The molecule has 1 heteroatoms. The average Bonchev–Trinajstić information content (AvgIpc) is 2.89. The van der Waals surface area contributed by atoms with Crippen LogP contribution in [0.4, 0.5) is 11.4 Å². The van der Waals surface area contributed by atoms with Gasteiger partial charge in [0, 0.05) is 29.5 Å². The highest BCUT2D eigenvalue weighted by Gasteiger charge is 2.14. The van der Waals surface area contributed by atoms with E-state index in [1.807, 2.05) is 0 Å². The van der Waals surface area contributed by atoms with Gasteiger partial charge < -0.3 is 4.90 Å². The first-order valence-electron chi connectivity index (χ1n) is 10.9. The smallest absolute Gasteiger partial charge is 0.0487 e. The van der Waals surface area contributed by atoms with Gasteiger partial charge in [-0.15, -0.1) is 0 Å². The highest BCUT2D eigenvalue weighted by Crippen LogP contribution is 2.39. The van der Waals surface area contributed by atoms with Gasteiger partial charge in [0.2, 0.25) is 0 Å². The second-order valence-corrected chi connectivity index (χ2v) is 7.91. The molecule has 0 heterocycles. The summed E-state index contributed by atoms with van der Waals surface area (Å²) in [5.41, 5.74) is 9.70. The monoisotopic (exact) mass is 411 g/mol. The molecule has 0 aromatic heterocycles. The normalized spacial score (nSPS) is 10.7. The van der Waals surface area contributed by atoms with Crippen molar-refractivity contribution in [2.75, 3.05) is 11.9 Å². The van der Waals surface area contributed by atoms with Crippen LogP contribution in [0.15, 0.2) is 133 Å². The van der Waals surface area contributed by atoms with E-state index < -0.39 is 0 Å². The van der Waals surface area contributed by atoms with Crippen molar-refractivity contribution >= 4 is 11.4 Å². The third-order valence-corrected chi connectivity index (χ3v) is 5.90. The van der Waals surface area contributed by atoms with Crippen molar-refractivity contribution in [1.82, 2.24) is 0 Å². The Kier molecular flexibility index (Phi) is 5.55. The molecule has 0 N–H and O–H groups in total. The summed E-state index contributed by atoms with van der Waals surface area (Å²) in [6, 6.07) is 47.2. The van der Waals surface area contributed by atoms with Crippen LogP contribution in [0.3, 0.4) is 0 Å². The number of rotatable bonds is 5. The Balaban J connectivity index is 1.59. The minimum Gasteiger partial charge on any atom is -0.344 e. The third-order valence-electron chi connectivity index (χ3n) is 5.90. The van der Waals surface area contributed by atoms with Gasteiger partial charge in [-0.1, -0.05) is 115 Å². The molecule has 0 fully saturated rings. The van der Waals surface area contributed by atoms with Crippen molar-refractivity contribution in [2.24, 2.45) is 0 Å². The van der Waals surface area contributed by atoms with E-state index >= 15 is 0 Å². The summed E-state index contributed by atoms with van der Waals surface area (Å²) >= 11 is 0. The number of para-hydroxylation sites is 2. The number of benzene rings is 5. The third kappa shape index (κ3) is 3.93. The topological polar surface area (TPSA) is 3.24 Å². The van der Waals surface area contributed by atoms with Crippen LogP contribution >= 0.6 is 0 Å². The van der Waals surface area contributed by atoms with E-state index in [0.29, 0.717) is 0 Å². The van der Waals surface area contributed by atoms with Gasteiger partial charge in [-0.25, -0.2) is 0 Å². The summed E-state index contributed by atoms with van der Waals surface area (Å²) in [5.74, 6) is 0. The highest BCUT2D eigenvalue weighted by molar-refractivity contribution is 5.88. The number of hydrogen-bond acceptors (Lipinski definition) is 1. The molecule has 0 aliphatic rings. The van der Waals surface area contributed by atoms with E-state index in [-0.39, 0.29) is 0 Å². The van der Waals surface area contributed by atoms with Gasteiger partial charge >= 0.3 is 0 Å². The van der Waals surface area contributed by atoms with E-state index in [1.165, 1.54) is 44.8 Å². The lowest BCUT2D eigenvalue weighted by atomic mass is 9.97. The Hall–Kier alpha value is -4.10. The van der Waals surface area contributed by atoms with Crippen LogP contribution < -0.4 is 4.90 Å². The van der Waals surface area contributed by atoms with Gasteiger partial charge in [0.25, 0.3) is 0 Å². The van der Waals surface area contributed by atoms with Gasteiger partial charge in [0.15, 0.2) is 0 Å². The molecule has 5 aromatic carbocycles. The molecule has 154 valence electrons. The van der Waals surface area contributed by atoms with Crippen molar-refractivity contribution in [3.63, 3.8) is 0 Å². The summed E-state index contributed by atoms with van der Waals surface area (Å²) in [6.07, 6.45) is 0. The van der Waals surface area contributed by atoms with Crippen LogP contribution in [0, 0.1) is 0 Å². The van der Waals surface area contributed by atoms with Crippen LogP contribution in [-0.4, -0.2) is 7.05 Å². The molecule has 0 saturated carbocycles. The fourth-order valence-corrected chi connectivity index (χ4v) is 4.26. The molecule has 5 aromatic rings. The summed E-state index contributed by atoms with van der Waals surface area (Å²) < 4.78 is 0. The van der Waals surface area contributed by atoms with Crippen molar-refractivity contribution in [3.05, 3.63) is 133 Å². The van der Waals surface area contributed by atoms with Crippen LogP contribution in [0.25, 0.3) is 33.4 Å². The zero-order chi connectivity index (χ0) is 21.8. The minimum absolute atomic E-state index is 1.18. The van der Waals surface area contributed by atoms with Crippen LogP contribution in [0.2, 0.25) is 0 Å². The largest absolute Gasteiger partial charge is 0.344 e. The lowest BCUT2D eigenvalue weighted by molar-refractivity contribution is 1.21. The first-order chi connectivity index (χ1) is 15.8. The highest BCUT2D eigenvalue weighted by atomic mass is 15.1. The molecule has 0 unspecified atom stereocenters. The molecular weight excluding hydrogens is 386 g/mol. The molecule has 5 rings (SSSR count). The SMILES string of the molecule is CN(c1ccccc1-c1ccccc1)c1ccccc1-c1cccc(-c2ccccc2)c1. The molecule has 0 bridgehead atoms. The molecule has 0 amide bonds. The molecule has 0 saturated heterocycles. The van der Waals surface area contributed by atoms with Gasteiger partial charge in [-0.2, -0.15) is 0 Å². The van der Waals surface area contributed by atoms with E-state index in [0.717, 1.165) is 0 Å². The predicted molar refractivity (Wildman–Crippen MR) is 137 cm³/mol. The Bertz CT molecular complexity index is 1320. The summed E-state index contributed by atoms with van der Waals surface area (Å²) in [6.45, 7) is 0. The van der Waals surface area contributed by atoms with Crippen molar-refractivity contribution in [3.8, 4) is 33.4 Å². The number of nitrogens with zero attached hydrogens (tertiary/aromatic N) is 1. The Labute approximate surface area is 190 Å². The summed E-state index contributed by atoms with van der Waals surface area (Å²) in [4.78, 5) is 2.30. The standard InChI is InChI=1S/C31H25N/c1-32(30-21-10-8-19-28(30)25-15-6-3-7-16-25)31-22-11-9-20-29(31)27-18-12-17-26(23-27)24-13-4-2-5-14-24/h2-23H,1H3. The Morgan fingerprint density at radius 1 is 0.375 bits per heavy atom. The van der Waals surface area contributed by atoms with Crippen molar-refractivity contribution in [2.45, 2.75) is 0 Å². The van der Waals surface area contributed by atoms with E-state index in [1.54, 1.807) is 0 Å². The van der Waals surface area contributed by atoms with Crippen LogP contribution in [-0.2, 0) is 0 Å². The Morgan fingerprint density at radius 2 is 0.812 bits per heavy atom. The molecule has 32 heavy (non-hydrogen) atoms. The first kappa shape index (κ1) is 19.8. The maximum absolute atomic E-state index is 2.30. The lowest BCUT2D eigenvalue weighted by Crippen LogP contribution is -2.11. The lowest BCUT2D eigenvalue weighted by Gasteiger charge is -2.25. The fraction of sp³-hybridized carbons (Fsp3) is 0.0323. The molecule has 1 nitrogen and oxygen atoms in total. The second-order valence-electron chi connectivity index (χ2n) is 7.91. The van der Waals surface area contributed by atoms with Crippen molar-refractivity contribution in [1.29, 1.82) is 0 Å². The minimum atomic E-state index is 1.18. The zero-order valence-electron chi connectivity index (χ0n) is 18.1. The summed E-state index contributed by atoms with van der Waals surface area (Å²) in [5, 5.41) is 0. The molecular formula is C31H25N. The van der Waals surface area contributed by atoms with Gasteiger partial charge in [-0.05, 0) is 40.5 Å². The molecule has 0 aliphatic carbocycles. The fourth-order valence-electron chi connectivity index (χ4n) is 4.26. The molecule has 0 atom stereocenters. The van der Waals surface area contributed by atoms with Gasteiger partial charge in [0.1, 0.15) is 0 Å². The van der Waals surface area contributed by atoms with Crippen molar-refractivity contribution < 1.29 is 0 Å². The average molecular weight is 412 g/mol. The number of hydrogen-bond donors (Lipinski definition) is 0. The van der Waals surface area contributed by atoms with E-state index in [2.05, 4.69) is 145 Å². The predicted octanol–water partition coefficient (Wildman–Crippen LogP) is 8.46.